The number of fused-ring (bicyclic) bond motifs is 1. The molecular weight excluding hydrogens is 334 g/mol. The van der Waals surface area contributed by atoms with E-state index in [2.05, 4.69) is 17.2 Å². The summed E-state index contributed by atoms with van der Waals surface area (Å²) in [6.07, 6.45) is 4.22. The average Bonchev–Trinajstić information content (AvgIpc) is 2.63. The molecule has 140 valence electrons. The van der Waals surface area contributed by atoms with Gasteiger partial charge in [-0.15, -0.1) is 0 Å². The molecule has 1 aromatic carbocycles. The van der Waals surface area contributed by atoms with E-state index in [1.54, 1.807) is 18.2 Å². The third-order valence-corrected chi connectivity index (χ3v) is 5.11. The summed E-state index contributed by atoms with van der Waals surface area (Å²) in [6.45, 7) is 2.69. The monoisotopic (exact) mass is 359 g/mol. The van der Waals surface area contributed by atoms with E-state index in [1.807, 2.05) is 0 Å². The lowest BCUT2D eigenvalue weighted by atomic mass is 9.87. The summed E-state index contributed by atoms with van der Waals surface area (Å²) in [7, 11) is 1.51. The zero-order chi connectivity index (χ0) is 18.7. The smallest absolute Gasteiger partial charge is 0.328 e. The fourth-order valence-electron chi connectivity index (χ4n) is 3.45. The van der Waals surface area contributed by atoms with Crippen LogP contribution in [0.25, 0.3) is 10.9 Å². The second kappa shape index (κ2) is 7.86. The highest BCUT2D eigenvalue weighted by Crippen LogP contribution is 2.23. The van der Waals surface area contributed by atoms with Crippen molar-refractivity contribution in [3.05, 3.63) is 44.6 Å². The quantitative estimate of drug-likeness (QED) is 0.849. The number of nitrogens with zero attached hydrogens (tertiary/aromatic N) is 1. The van der Waals surface area contributed by atoms with Gasteiger partial charge in [0.1, 0.15) is 0 Å². The van der Waals surface area contributed by atoms with Crippen LogP contribution < -0.4 is 16.6 Å². The molecule has 1 aromatic heterocycles. The molecule has 1 amide bonds. The number of amides is 1. The third kappa shape index (κ3) is 3.88. The minimum atomic E-state index is -0.502. The number of carbonyl (C=O) groups is 1. The number of hydrogen-bond acceptors (Lipinski definition) is 4. The lowest BCUT2D eigenvalue weighted by Crippen LogP contribution is -2.38. The zero-order valence-electron chi connectivity index (χ0n) is 15.2. The maximum atomic E-state index is 12.5. The molecule has 1 aliphatic rings. The highest BCUT2D eigenvalue weighted by atomic mass is 16.5. The molecule has 2 N–H and O–H groups in total. The Labute approximate surface area is 151 Å². The van der Waals surface area contributed by atoms with Crippen LogP contribution >= 0.6 is 0 Å². The lowest BCUT2D eigenvalue weighted by molar-refractivity contribution is 0.0923. The van der Waals surface area contributed by atoms with Crippen molar-refractivity contribution in [1.29, 1.82) is 0 Å². The number of aromatic amines is 1. The van der Waals surface area contributed by atoms with Crippen molar-refractivity contribution in [1.82, 2.24) is 14.9 Å². The minimum absolute atomic E-state index is 0.170. The van der Waals surface area contributed by atoms with E-state index in [0.29, 0.717) is 22.4 Å². The van der Waals surface area contributed by atoms with Gasteiger partial charge in [0.05, 0.1) is 24.1 Å². The van der Waals surface area contributed by atoms with Crippen LogP contribution in [0.2, 0.25) is 0 Å². The van der Waals surface area contributed by atoms with Crippen LogP contribution in [0.1, 0.15) is 43.0 Å². The van der Waals surface area contributed by atoms with Crippen LogP contribution in [0.3, 0.4) is 0 Å². The number of carbonyl (C=O) groups excluding carboxylic acids is 1. The SMILES string of the molecule is COCCn1c(=O)[nH]c2cc(C(=O)NC3CCC(C)CC3)ccc2c1=O. The minimum Gasteiger partial charge on any atom is -0.383 e. The Bertz CT molecular complexity index is 907. The number of methoxy groups -OCH3 is 1. The van der Waals surface area contributed by atoms with Crippen molar-refractivity contribution in [3.8, 4) is 0 Å². The molecule has 1 heterocycles. The molecule has 2 aromatic rings. The zero-order valence-corrected chi connectivity index (χ0v) is 15.2. The van der Waals surface area contributed by atoms with Crippen molar-refractivity contribution in [2.45, 2.75) is 45.2 Å². The van der Waals surface area contributed by atoms with Gasteiger partial charge in [-0.1, -0.05) is 6.92 Å². The van der Waals surface area contributed by atoms with Gasteiger partial charge in [0.15, 0.2) is 0 Å². The van der Waals surface area contributed by atoms with Gasteiger partial charge in [-0.25, -0.2) is 4.79 Å². The molecule has 0 radical (unpaired) electrons. The highest BCUT2D eigenvalue weighted by molar-refractivity contribution is 5.97. The van der Waals surface area contributed by atoms with E-state index in [9.17, 15) is 14.4 Å². The molecule has 0 unspecified atom stereocenters. The molecule has 0 bridgehead atoms. The Morgan fingerprint density at radius 2 is 2.00 bits per heavy atom. The van der Waals surface area contributed by atoms with Crippen molar-refractivity contribution < 1.29 is 9.53 Å². The Balaban J connectivity index is 1.84. The van der Waals surface area contributed by atoms with Crippen molar-refractivity contribution in [2.75, 3.05) is 13.7 Å². The van der Waals surface area contributed by atoms with Crippen molar-refractivity contribution >= 4 is 16.8 Å². The fraction of sp³-hybridized carbons (Fsp3) is 0.526. The summed E-state index contributed by atoms with van der Waals surface area (Å²) >= 11 is 0. The number of aromatic nitrogens is 2. The highest BCUT2D eigenvalue weighted by Gasteiger charge is 2.20. The van der Waals surface area contributed by atoms with Crippen molar-refractivity contribution in [2.24, 2.45) is 5.92 Å². The van der Waals surface area contributed by atoms with Crippen LogP contribution in [-0.4, -0.2) is 35.2 Å². The summed E-state index contributed by atoms with van der Waals surface area (Å²) in [5.41, 5.74) is -0.0631. The van der Waals surface area contributed by atoms with E-state index >= 15 is 0 Å². The van der Waals surface area contributed by atoms with Crippen LogP contribution in [0.5, 0.6) is 0 Å². The van der Waals surface area contributed by atoms with Gasteiger partial charge in [0, 0.05) is 18.7 Å². The molecule has 0 saturated heterocycles. The first kappa shape index (κ1) is 18.4. The number of H-pyrrole nitrogens is 1. The van der Waals surface area contributed by atoms with Crippen molar-refractivity contribution in [3.63, 3.8) is 0 Å². The Morgan fingerprint density at radius 1 is 1.27 bits per heavy atom. The van der Waals surface area contributed by atoms with E-state index in [-0.39, 0.29) is 30.7 Å². The van der Waals surface area contributed by atoms with Crippen LogP contribution in [-0.2, 0) is 11.3 Å². The van der Waals surface area contributed by atoms with Gasteiger partial charge in [0.25, 0.3) is 11.5 Å². The number of hydrogen-bond donors (Lipinski definition) is 2. The second-order valence-corrected chi connectivity index (χ2v) is 7.07. The predicted molar refractivity (Wildman–Crippen MR) is 99.6 cm³/mol. The van der Waals surface area contributed by atoms with Crippen LogP contribution in [0, 0.1) is 5.92 Å². The number of ether oxygens (including phenoxy) is 1. The van der Waals surface area contributed by atoms with Crippen LogP contribution in [0.15, 0.2) is 27.8 Å². The summed E-state index contributed by atoms with van der Waals surface area (Å²) in [5, 5.41) is 3.44. The van der Waals surface area contributed by atoms with Gasteiger partial charge in [-0.05, 0) is 49.8 Å². The summed E-state index contributed by atoms with van der Waals surface area (Å²) in [4.78, 5) is 39.8. The Morgan fingerprint density at radius 3 is 2.69 bits per heavy atom. The fourth-order valence-corrected chi connectivity index (χ4v) is 3.45. The molecule has 0 spiro atoms. The molecule has 26 heavy (non-hydrogen) atoms. The number of nitrogens with one attached hydrogen (secondary N) is 2. The largest absolute Gasteiger partial charge is 0.383 e. The predicted octanol–water partition coefficient (Wildman–Crippen LogP) is 1.64. The maximum absolute atomic E-state index is 12.5. The molecule has 3 rings (SSSR count). The first-order valence-electron chi connectivity index (χ1n) is 9.06. The molecule has 7 heteroatoms. The maximum Gasteiger partial charge on any atom is 0.328 e. The van der Waals surface area contributed by atoms with Gasteiger partial charge in [-0.2, -0.15) is 0 Å². The molecule has 0 aliphatic heterocycles. The summed E-state index contributed by atoms with van der Waals surface area (Å²) < 4.78 is 6.04. The molecule has 1 aliphatic carbocycles. The standard InChI is InChI=1S/C19H25N3O4/c1-12-3-6-14(7-4-12)20-17(23)13-5-8-15-16(11-13)21-19(25)22(18(15)24)9-10-26-2/h5,8,11-12,14H,3-4,6-7,9-10H2,1-2H3,(H,20,23)(H,21,25). The number of benzene rings is 1. The van der Waals surface area contributed by atoms with E-state index in [1.165, 1.54) is 7.11 Å². The average molecular weight is 359 g/mol. The van der Waals surface area contributed by atoms with E-state index in [0.717, 1.165) is 30.3 Å². The Kier molecular flexibility index (Phi) is 5.56. The summed E-state index contributed by atoms with van der Waals surface area (Å²) in [5.74, 6) is 0.546. The first-order valence-corrected chi connectivity index (χ1v) is 9.06. The number of rotatable bonds is 5. The van der Waals surface area contributed by atoms with Gasteiger partial charge in [-0.3, -0.25) is 14.2 Å². The third-order valence-electron chi connectivity index (χ3n) is 5.11. The van der Waals surface area contributed by atoms with Crippen LogP contribution in [0.4, 0.5) is 0 Å². The first-order chi connectivity index (χ1) is 12.5. The van der Waals surface area contributed by atoms with E-state index < -0.39 is 5.69 Å². The topological polar surface area (TPSA) is 93.2 Å². The van der Waals surface area contributed by atoms with Gasteiger partial charge >= 0.3 is 5.69 Å². The lowest BCUT2D eigenvalue weighted by Gasteiger charge is -2.26. The second-order valence-electron chi connectivity index (χ2n) is 7.07. The molecule has 1 fully saturated rings. The molecule has 7 nitrogen and oxygen atoms in total. The van der Waals surface area contributed by atoms with Gasteiger partial charge < -0.3 is 15.0 Å². The normalized spacial score (nSPS) is 20.2. The van der Waals surface area contributed by atoms with Gasteiger partial charge in [0.2, 0.25) is 0 Å². The van der Waals surface area contributed by atoms with E-state index in [4.69, 9.17) is 4.74 Å². The molecule has 0 atom stereocenters. The Hall–Kier alpha value is -2.41. The molecular formula is C19H25N3O4. The summed E-state index contributed by atoms with van der Waals surface area (Å²) in [6, 6.07) is 4.98. The molecule has 1 saturated carbocycles.